The molecule has 1 fully saturated rings. The number of thioether (sulfide) groups is 1. The number of anilines is 2. The van der Waals surface area contributed by atoms with Crippen LogP contribution in [0.3, 0.4) is 0 Å². The molecule has 8 heteroatoms. The van der Waals surface area contributed by atoms with Crippen LogP contribution in [0, 0.1) is 0 Å². The molecule has 1 saturated carbocycles. The van der Waals surface area contributed by atoms with Crippen molar-refractivity contribution in [3.63, 3.8) is 0 Å². The Kier molecular flexibility index (Phi) is 4.72. The van der Waals surface area contributed by atoms with Gasteiger partial charge in [0.15, 0.2) is 10.1 Å². The van der Waals surface area contributed by atoms with Crippen LogP contribution in [0.5, 0.6) is 0 Å². The zero-order chi connectivity index (χ0) is 17.2. The molecular formula is C17H18N4O2S2. The molecule has 0 radical (unpaired) electrons. The first-order valence-corrected chi connectivity index (χ1v) is 10.2. The Balaban J connectivity index is 1.38. The van der Waals surface area contributed by atoms with Crippen molar-refractivity contribution in [1.82, 2.24) is 10.2 Å². The van der Waals surface area contributed by atoms with E-state index in [0.29, 0.717) is 23.8 Å². The minimum Gasteiger partial charge on any atom is -0.357 e. The van der Waals surface area contributed by atoms with E-state index in [1.807, 2.05) is 12.1 Å². The molecule has 0 spiro atoms. The molecule has 1 aliphatic carbocycles. The molecule has 25 heavy (non-hydrogen) atoms. The van der Waals surface area contributed by atoms with Crippen molar-refractivity contribution in [2.75, 3.05) is 16.4 Å². The smallest absolute Gasteiger partial charge is 0.224 e. The number of fused-ring (bicyclic) bond motifs is 1. The van der Waals surface area contributed by atoms with Crippen molar-refractivity contribution in [3.05, 3.63) is 29.3 Å². The second-order valence-corrected chi connectivity index (χ2v) is 8.48. The number of rotatable bonds is 6. The van der Waals surface area contributed by atoms with Gasteiger partial charge in [0.2, 0.25) is 11.0 Å². The molecule has 2 aromatic rings. The van der Waals surface area contributed by atoms with Crippen molar-refractivity contribution in [2.45, 2.75) is 42.5 Å². The van der Waals surface area contributed by atoms with Crippen LogP contribution < -0.4 is 10.6 Å². The van der Waals surface area contributed by atoms with Gasteiger partial charge in [-0.25, -0.2) is 0 Å². The maximum absolute atomic E-state index is 12.5. The lowest BCUT2D eigenvalue weighted by Crippen LogP contribution is -2.10. The fraction of sp³-hybridized carbons (Fsp3) is 0.412. The number of aromatic nitrogens is 2. The van der Waals surface area contributed by atoms with Gasteiger partial charge in [0.05, 0.1) is 5.75 Å². The van der Waals surface area contributed by atoms with E-state index < -0.39 is 0 Å². The minimum absolute atomic E-state index is 0.0419. The topological polar surface area (TPSA) is 84.0 Å². The molecule has 6 nitrogen and oxygen atoms in total. The van der Waals surface area contributed by atoms with E-state index in [9.17, 15) is 9.59 Å². The van der Waals surface area contributed by atoms with Crippen LogP contribution in [0.2, 0.25) is 0 Å². The molecule has 130 valence electrons. The van der Waals surface area contributed by atoms with Crippen molar-refractivity contribution in [3.8, 4) is 0 Å². The molecule has 0 saturated heterocycles. The zero-order valence-corrected chi connectivity index (χ0v) is 15.2. The maximum Gasteiger partial charge on any atom is 0.224 e. The zero-order valence-electron chi connectivity index (χ0n) is 13.6. The average molecular weight is 374 g/mol. The Morgan fingerprint density at radius 2 is 2.20 bits per heavy atom. The molecule has 1 aromatic carbocycles. The summed E-state index contributed by atoms with van der Waals surface area (Å²) in [6.07, 6.45) is 4.54. The number of hydrogen-bond donors (Lipinski definition) is 2. The third-order valence-electron chi connectivity index (χ3n) is 4.19. The first-order valence-electron chi connectivity index (χ1n) is 8.36. The van der Waals surface area contributed by atoms with Crippen molar-refractivity contribution in [2.24, 2.45) is 0 Å². The SMILES string of the molecule is O=C1CCCc2cc(C(=O)CSc3nnc(NC4CC4)s3)ccc2N1. The summed E-state index contributed by atoms with van der Waals surface area (Å²) in [5.41, 5.74) is 2.54. The number of Topliss-reactive ketones (excluding diaryl/α,β-unsaturated/α-hetero) is 1. The maximum atomic E-state index is 12.5. The van der Waals surface area contributed by atoms with Gasteiger partial charge in [0.25, 0.3) is 0 Å². The first-order chi connectivity index (χ1) is 12.2. The van der Waals surface area contributed by atoms with E-state index in [0.717, 1.165) is 33.6 Å². The van der Waals surface area contributed by atoms with Crippen LogP contribution >= 0.6 is 23.1 Å². The number of carbonyl (C=O) groups excluding carboxylic acids is 2. The summed E-state index contributed by atoms with van der Waals surface area (Å²) >= 11 is 2.91. The van der Waals surface area contributed by atoms with E-state index in [1.165, 1.54) is 35.9 Å². The van der Waals surface area contributed by atoms with Gasteiger partial charge in [0.1, 0.15) is 0 Å². The first kappa shape index (κ1) is 16.5. The predicted molar refractivity (Wildman–Crippen MR) is 99.6 cm³/mol. The predicted octanol–water partition coefficient (Wildman–Crippen LogP) is 3.36. The minimum atomic E-state index is 0.0419. The molecular weight excluding hydrogens is 356 g/mol. The summed E-state index contributed by atoms with van der Waals surface area (Å²) in [6, 6.07) is 6.07. The van der Waals surface area contributed by atoms with E-state index in [2.05, 4.69) is 20.8 Å². The van der Waals surface area contributed by atoms with Crippen molar-refractivity contribution >= 4 is 45.6 Å². The second-order valence-electron chi connectivity index (χ2n) is 6.28. The normalized spacial score (nSPS) is 16.7. The van der Waals surface area contributed by atoms with Gasteiger partial charge < -0.3 is 10.6 Å². The number of nitrogens with one attached hydrogen (secondary N) is 2. The molecule has 2 heterocycles. The number of aryl methyl sites for hydroxylation is 1. The lowest BCUT2D eigenvalue weighted by atomic mass is 10.0. The molecule has 0 bridgehead atoms. The molecule has 1 amide bonds. The van der Waals surface area contributed by atoms with Gasteiger partial charge in [-0.15, -0.1) is 10.2 Å². The Labute approximate surface area is 153 Å². The van der Waals surface area contributed by atoms with Crippen molar-refractivity contribution < 1.29 is 9.59 Å². The highest BCUT2D eigenvalue weighted by Crippen LogP contribution is 2.31. The third kappa shape index (κ3) is 4.19. The second kappa shape index (κ2) is 7.13. The average Bonchev–Trinajstić information content (AvgIpc) is 3.33. The Hall–Kier alpha value is -1.93. The summed E-state index contributed by atoms with van der Waals surface area (Å²) in [4.78, 5) is 24.1. The van der Waals surface area contributed by atoms with Crippen LogP contribution in [-0.4, -0.2) is 33.7 Å². The lowest BCUT2D eigenvalue weighted by Gasteiger charge is -2.08. The summed E-state index contributed by atoms with van der Waals surface area (Å²) in [7, 11) is 0. The van der Waals surface area contributed by atoms with Crippen molar-refractivity contribution in [1.29, 1.82) is 0 Å². The molecule has 0 atom stereocenters. The number of ketones is 1. The standard InChI is InChI=1S/C17H18N4O2S2/c22-14(9-24-17-21-20-16(25-17)18-12-5-6-12)11-4-7-13-10(8-11)2-1-3-15(23)19-13/h4,7-8,12H,1-3,5-6,9H2,(H,18,20)(H,19,23). The monoisotopic (exact) mass is 374 g/mol. The Morgan fingerprint density at radius 3 is 3.04 bits per heavy atom. The molecule has 2 aliphatic rings. The van der Waals surface area contributed by atoms with E-state index in [-0.39, 0.29) is 11.7 Å². The highest BCUT2D eigenvalue weighted by Gasteiger charge is 2.22. The van der Waals surface area contributed by atoms with E-state index in [1.54, 1.807) is 6.07 Å². The fourth-order valence-electron chi connectivity index (χ4n) is 2.69. The van der Waals surface area contributed by atoms with Gasteiger partial charge in [-0.1, -0.05) is 23.1 Å². The molecule has 1 aliphatic heterocycles. The van der Waals surface area contributed by atoms with Crippen LogP contribution in [0.4, 0.5) is 10.8 Å². The number of amides is 1. The molecule has 1 aromatic heterocycles. The number of hydrogen-bond acceptors (Lipinski definition) is 7. The Bertz CT molecular complexity index is 817. The number of nitrogens with zero attached hydrogens (tertiary/aromatic N) is 2. The molecule has 4 rings (SSSR count). The highest BCUT2D eigenvalue weighted by atomic mass is 32.2. The van der Waals surface area contributed by atoms with Gasteiger partial charge in [-0.3, -0.25) is 9.59 Å². The van der Waals surface area contributed by atoms with Crippen LogP contribution in [0.1, 0.15) is 41.6 Å². The summed E-state index contributed by atoms with van der Waals surface area (Å²) in [5, 5.41) is 15.3. The number of benzene rings is 1. The summed E-state index contributed by atoms with van der Waals surface area (Å²) < 4.78 is 0.804. The molecule has 0 unspecified atom stereocenters. The van der Waals surface area contributed by atoms with E-state index >= 15 is 0 Å². The Morgan fingerprint density at radius 1 is 1.32 bits per heavy atom. The summed E-state index contributed by atoms with van der Waals surface area (Å²) in [5.74, 6) is 0.443. The fourth-order valence-corrected chi connectivity index (χ4v) is 4.41. The van der Waals surface area contributed by atoms with E-state index in [4.69, 9.17) is 0 Å². The summed E-state index contributed by atoms with van der Waals surface area (Å²) in [6.45, 7) is 0. The third-order valence-corrected chi connectivity index (χ3v) is 6.18. The van der Waals surface area contributed by atoms with Gasteiger partial charge in [-0.05, 0) is 49.4 Å². The largest absolute Gasteiger partial charge is 0.357 e. The highest BCUT2D eigenvalue weighted by molar-refractivity contribution is 8.01. The van der Waals surface area contributed by atoms with Gasteiger partial charge >= 0.3 is 0 Å². The lowest BCUT2D eigenvalue weighted by molar-refractivity contribution is -0.116. The van der Waals surface area contributed by atoms with Gasteiger partial charge in [-0.2, -0.15) is 0 Å². The number of carbonyl (C=O) groups is 2. The van der Waals surface area contributed by atoms with Crippen LogP contribution in [-0.2, 0) is 11.2 Å². The molecule has 2 N–H and O–H groups in total. The van der Waals surface area contributed by atoms with Crippen LogP contribution in [0.15, 0.2) is 22.5 Å². The van der Waals surface area contributed by atoms with Gasteiger partial charge in [0, 0.05) is 23.7 Å². The quantitative estimate of drug-likeness (QED) is 0.596. The van der Waals surface area contributed by atoms with Crippen LogP contribution in [0.25, 0.3) is 0 Å².